The van der Waals surface area contributed by atoms with Crippen molar-refractivity contribution in [1.82, 2.24) is 35.9 Å². The Morgan fingerprint density at radius 3 is 1.68 bits per heavy atom. The number of amides is 4. The van der Waals surface area contributed by atoms with Crippen molar-refractivity contribution in [3.05, 3.63) is 36.4 Å². The van der Waals surface area contributed by atoms with Crippen LogP contribution in [-0.2, 0) is 41.6 Å². The summed E-state index contributed by atoms with van der Waals surface area (Å²) >= 11 is 0. The van der Waals surface area contributed by atoms with E-state index in [4.69, 9.17) is 16.6 Å². The number of carbonyl (C=O) groups excluding carboxylic acids is 4. The number of aromatic amines is 2. The highest BCUT2D eigenvalue weighted by Gasteiger charge is 2.31. The molecule has 0 saturated carbocycles. The largest absolute Gasteiger partial charge is 0.481 e. The monoisotopic (exact) mass is 535 g/mol. The summed E-state index contributed by atoms with van der Waals surface area (Å²) in [5, 5.41) is 25.2. The summed E-state index contributed by atoms with van der Waals surface area (Å²) in [6.07, 6.45) is 4.00. The van der Waals surface area contributed by atoms with Crippen LogP contribution in [0.3, 0.4) is 0 Å². The molecule has 0 radical (unpaired) electrons. The number of imidazole rings is 2. The Labute approximate surface area is 215 Å². The number of rotatable bonds is 16. The Bertz CT molecular complexity index is 1120. The van der Waals surface area contributed by atoms with E-state index in [0.717, 1.165) is 0 Å². The van der Waals surface area contributed by atoms with Crippen molar-refractivity contribution in [2.45, 2.75) is 56.3 Å². The van der Waals surface area contributed by atoms with E-state index in [0.29, 0.717) is 11.4 Å². The maximum Gasteiger partial charge on any atom is 0.326 e. The summed E-state index contributed by atoms with van der Waals surface area (Å²) in [6.45, 7) is 0. The fourth-order valence-corrected chi connectivity index (χ4v) is 3.29. The molecule has 38 heavy (non-hydrogen) atoms. The normalized spacial score (nSPS) is 13.9. The predicted molar refractivity (Wildman–Crippen MR) is 127 cm³/mol. The summed E-state index contributed by atoms with van der Waals surface area (Å²) < 4.78 is 0. The quantitative estimate of drug-likeness (QED) is 0.102. The molecule has 11 N–H and O–H groups in total. The summed E-state index contributed by atoms with van der Waals surface area (Å²) in [5.74, 6) is -6.19. The second kappa shape index (κ2) is 14.1. The average Bonchev–Trinajstić information content (AvgIpc) is 3.55. The zero-order valence-electron chi connectivity index (χ0n) is 20.0. The van der Waals surface area contributed by atoms with Gasteiger partial charge in [0.15, 0.2) is 0 Å². The van der Waals surface area contributed by atoms with Gasteiger partial charge in [0.2, 0.25) is 23.6 Å². The fourth-order valence-electron chi connectivity index (χ4n) is 3.29. The van der Waals surface area contributed by atoms with Crippen LogP contribution < -0.4 is 27.4 Å². The van der Waals surface area contributed by atoms with Crippen LogP contribution in [0.15, 0.2) is 25.0 Å². The number of hydrogen-bond donors (Lipinski definition) is 9. The van der Waals surface area contributed by atoms with Crippen LogP contribution in [0.1, 0.15) is 30.7 Å². The van der Waals surface area contributed by atoms with Gasteiger partial charge in [-0.05, 0) is 6.42 Å². The van der Waals surface area contributed by atoms with Crippen molar-refractivity contribution >= 4 is 35.6 Å². The van der Waals surface area contributed by atoms with Crippen molar-refractivity contribution in [1.29, 1.82) is 0 Å². The molecule has 0 aliphatic heterocycles. The number of aliphatic carboxylic acids is 2. The van der Waals surface area contributed by atoms with E-state index in [1.807, 2.05) is 0 Å². The Balaban J connectivity index is 2.23. The molecule has 17 heteroatoms. The molecular weight excluding hydrogens is 506 g/mol. The number of carboxylic acids is 2. The van der Waals surface area contributed by atoms with Gasteiger partial charge in [0.25, 0.3) is 0 Å². The Morgan fingerprint density at radius 2 is 1.29 bits per heavy atom. The molecule has 0 fully saturated rings. The number of hydrogen-bond acceptors (Lipinski definition) is 9. The molecule has 206 valence electrons. The minimum Gasteiger partial charge on any atom is -0.481 e. The van der Waals surface area contributed by atoms with Gasteiger partial charge in [-0.15, -0.1) is 0 Å². The predicted octanol–water partition coefficient (Wildman–Crippen LogP) is -3.48. The first-order chi connectivity index (χ1) is 18.0. The van der Waals surface area contributed by atoms with Crippen LogP contribution in [0.25, 0.3) is 0 Å². The summed E-state index contributed by atoms with van der Waals surface area (Å²) in [5.41, 5.74) is 11.7. The van der Waals surface area contributed by atoms with Gasteiger partial charge in [0, 0.05) is 43.0 Å². The first kappa shape index (κ1) is 29.4. The summed E-state index contributed by atoms with van der Waals surface area (Å²) in [7, 11) is 0. The number of nitrogens with two attached hydrogens (primary N) is 2. The molecule has 0 aliphatic rings. The van der Waals surface area contributed by atoms with Gasteiger partial charge in [0.05, 0.1) is 25.1 Å². The highest BCUT2D eigenvalue weighted by atomic mass is 16.4. The van der Waals surface area contributed by atoms with Crippen LogP contribution in [0.4, 0.5) is 0 Å². The molecule has 0 spiro atoms. The summed E-state index contributed by atoms with van der Waals surface area (Å²) in [6, 6.07) is -5.51. The molecular formula is C21H29N9O8. The third-order valence-corrected chi connectivity index (χ3v) is 5.25. The molecule has 0 aromatic carbocycles. The van der Waals surface area contributed by atoms with E-state index >= 15 is 0 Å². The van der Waals surface area contributed by atoms with Gasteiger partial charge in [-0.3, -0.25) is 24.0 Å². The molecule has 2 aromatic heterocycles. The zero-order valence-corrected chi connectivity index (χ0v) is 20.0. The molecule has 17 nitrogen and oxygen atoms in total. The van der Waals surface area contributed by atoms with Crippen LogP contribution in [0.2, 0.25) is 0 Å². The number of carbonyl (C=O) groups is 6. The SMILES string of the molecule is NC(=O)CC(NC(=O)C(Cc1cnc[nH]1)NC(=O)C(Cc1cnc[nH]1)NC(=O)C(N)CCC(=O)O)C(=O)O. The lowest BCUT2D eigenvalue weighted by Crippen LogP contribution is -2.58. The van der Waals surface area contributed by atoms with Crippen LogP contribution in [0, 0.1) is 0 Å². The molecule has 0 aliphatic carbocycles. The highest BCUT2D eigenvalue weighted by Crippen LogP contribution is 2.05. The van der Waals surface area contributed by atoms with Gasteiger partial charge < -0.3 is 47.6 Å². The Kier molecular flexibility index (Phi) is 10.9. The number of H-pyrrole nitrogens is 2. The van der Waals surface area contributed by atoms with E-state index < -0.39 is 66.2 Å². The number of nitrogens with zero attached hydrogens (tertiary/aromatic N) is 2. The van der Waals surface area contributed by atoms with Crippen molar-refractivity contribution in [3.8, 4) is 0 Å². The maximum atomic E-state index is 13.2. The average molecular weight is 536 g/mol. The number of nitrogens with one attached hydrogen (secondary N) is 5. The van der Waals surface area contributed by atoms with Crippen LogP contribution in [-0.4, -0.2) is 89.9 Å². The third-order valence-electron chi connectivity index (χ3n) is 5.25. The van der Waals surface area contributed by atoms with Gasteiger partial charge in [-0.1, -0.05) is 0 Å². The second-order valence-electron chi connectivity index (χ2n) is 8.29. The fraction of sp³-hybridized carbons (Fsp3) is 0.429. The van der Waals surface area contributed by atoms with Crippen molar-refractivity contribution < 1.29 is 39.0 Å². The van der Waals surface area contributed by atoms with E-state index in [9.17, 15) is 33.9 Å². The standard InChI is InChI=1S/C21H29N9O8/c22-12(1-2-17(32)33)18(34)28-13(3-10-6-24-8-26-10)19(35)29-14(4-11-7-25-9-27-11)20(36)30-15(21(37)38)5-16(23)31/h6-9,12-15H,1-5,22H2,(H2,23,31)(H,24,26)(H,25,27)(H,28,34)(H,29,35)(H,30,36)(H,32,33)(H,37,38). The Morgan fingerprint density at radius 1 is 0.816 bits per heavy atom. The topological polar surface area (TPSA) is 288 Å². The number of primary amides is 1. The molecule has 4 atom stereocenters. The molecule has 2 heterocycles. The first-order valence-electron chi connectivity index (χ1n) is 11.3. The lowest BCUT2D eigenvalue weighted by molar-refractivity contribution is -0.143. The maximum absolute atomic E-state index is 13.2. The Hall–Kier alpha value is -4.80. The minimum absolute atomic E-state index is 0.0962. The van der Waals surface area contributed by atoms with Crippen molar-refractivity contribution in [2.75, 3.05) is 0 Å². The zero-order chi connectivity index (χ0) is 28.2. The second-order valence-corrected chi connectivity index (χ2v) is 8.29. The molecule has 0 saturated heterocycles. The van der Waals surface area contributed by atoms with Crippen LogP contribution in [0.5, 0.6) is 0 Å². The van der Waals surface area contributed by atoms with E-state index in [1.165, 1.54) is 25.0 Å². The summed E-state index contributed by atoms with van der Waals surface area (Å²) in [4.78, 5) is 85.5. The number of aromatic nitrogens is 4. The highest BCUT2D eigenvalue weighted by molar-refractivity contribution is 5.95. The van der Waals surface area contributed by atoms with Crippen LogP contribution >= 0.6 is 0 Å². The van der Waals surface area contributed by atoms with Gasteiger partial charge >= 0.3 is 11.9 Å². The van der Waals surface area contributed by atoms with Crippen molar-refractivity contribution in [3.63, 3.8) is 0 Å². The van der Waals surface area contributed by atoms with Gasteiger partial charge in [0.1, 0.15) is 18.1 Å². The van der Waals surface area contributed by atoms with E-state index in [-0.39, 0.29) is 25.7 Å². The van der Waals surface area contributed by atoms with Gasteiger partial charge in [-0.25, -0.2) is 14.8 Å². The van der Waals surface area contributed by atoms with Gasteiger partial charge in [-0.2, -0.15) is 0 Å². The van der Waals surface area contributed by atoms with E-state index in [2.05, 4.69) is 35.9 Å². The molecule has 4 unspecified atom stereocenters. The third kappa shape index (κ3) is 9.69. The first-order valence-corrected chi connectivity index (χ1v) is 11.3. The van der Waals surface area contributed by atoms with Crippen molar-refractivity contribution in [2.24, 2.45) is 11.5 Å². The molecule has 0 bridgehead atoms. The molecule has 2 aromatic rings. The smallest absolute Gasteiger partial charge is 0.326 e. The van der Waals surface area contributed by atoms with E-state index in [1.54, 1.807) is 0 Å². The molecule has 4 amide bonds. The lowest BCUT2D eigenvalue weighted by Gasteiger charge is -2.24. The number of carboxylic acid groups (broad SMARTS) is 2. The lowest BCUT2D eigenvalue weighted by atomic mass is 10.1. The minimum atomic E-state index is -1.64. The molecule has 2 rings (SSSR count).